The molecule has 8 nitrogen and oxygen atoms in total. The molecular formula is C22H33N3O5S. The highest BCUT2D eigenvalue weighted by molar-refractivity contribution is 7.89. The summed E-state index contributed by atoms with van der Waals surface area (Å²) in [5.74, 6) is -0.0253. The van der Waals surface area contributed by atoms with Gasteiger partial charge in [0.15, 0.2) is 0 Å². The number of ether oxygens (including phenoxy) is 1. The highest BCUT2D eigenvalue weighted by Gasteiger charge is 2.32. The Morgan fingerprint density at radius 2 is 1.61 bits per heavy atom. The maximum atomic E-state index is 12.8. The van der Waals surface area contributed by atoms with Crippen LogP contribution < -0.4 is 15.4 Å². The topological polar surface area (TPSA) is 105 Å². The van der Waals surface area contributed by atoms with E-state index in [0.717, 1.165) is 25.7 Å². The van der Waals surface area contributed by atoms with Crippen LogP contribution >= 0.6 is 0 Å². The molecule has 1 aliphatic heterocycles. The molecule has 0 spiro atoms. The summed E-state index contributed by atoms with van der Waals surface area (Å²) in [7, 11) is -2.07. The molecule has 31 heavy (non-hydrogen) atoms. The van der Waals surface area contributed by atoms with Crippen LogP contribution in [0.5, 0.6) is 5.75 Å². The van der Waals surface area contributed by atoms with E-state index in [4.69, 9.17) is 4.74 Å². The molecule has 2 aliphatic rings. The first-order chi connectivity index (χ1) is 14.9. The third kappa shape index (κ3) is 6.43. The second-order valence-electron chi connectivity index (χ2n) is 8.33. The number of carbonyl (C=O) groups excluding carboxylic acids is 2. The van der Waals surface area contributed by atoms with Gasteiger partial charge in [0.05, 0.1) is 18.6 Å². The van der Waals surface area contributed by atoms with Crippen molar-refractivity contribution >= 4 is 21.8 Å². The zero-order valence-electron chi connectivity index (χ0n) is 18.1. The lowest BCUT2D eigenvalue weighted by atomic mass is 9.97. The molecule has 1 saturated heterocycles. The number of hydrogen-bond acceptors (Lipinski definition) is 5. The smallest absolute Gasteiger partial charge is 0.243 e. The molecule has 1 saturated carbocycles. The van der Waals surface area contributed by atoms with E-state index in [-0.39, 0.29) is 48.3 Å². The first-order valence-corrected chi connectivity index (χ1v) is 12.6. The predicted octanol–water partition coefficient (Wildman–Crippen LogP) is 2.05. The number of carbonyl (C=O) groups is 2. The van der Waals surface area contributed by atoms with Crippen molar-refractivity contribution in [3.05, 3.63) is 24.3 Å². The van der Waals surface area contributed by atoms with Gasteiger partial charge >= 0.3 is 0 Å². The Labute approximate surface area is 184 Å². The van der Waals surface area contributed by atoms with Gasteiger partial charge in [-0.3, -0.25) is 9.59 Å². The SMILES string of the molecule is COc1ccc(S(=O)(=O)N2CCC(C(=O)NCC(=O)NC3CCCCCC3)CC2)cc1. The molecule has 0 bridgehead atoms. The van der Waals surface area contributed by atoms with Crippen LogP contribution in [-0.4, -0.2) is 57.3 Å². The number of amides is 2. The molecule has 9 heteroatoms. The maximum absolute atomic E-state index is 12.8. The van der Waals surface area contributed by atoms with Gasteiger partial charge in [-0.05, 0) is 49.9 Å². The zero-order chi connectivity index (χ0) is 22.3. The fourth-order valence-corrected chi connectivity index (χ4v) is 5.74. The second kappa shape index (κ2) is 10.9. The summed E-state index contributed by atoms with van der Waals surface area (Å²) in [5.41, 5.74) is 0. The van der Waals surface area contributed by atoms with Gasteiger partial charge in [0.2, 0.25) is 21.8 Å². The van der Waals surface area contributed by atoms with E-state index in [2.05, 4.69) is 10.6 Å². The number of sulfonamides is 1. The number of rotatable bonds is 7. The minimum Gasteiger partial charge on any atom is -0.497 e. The molecule has 2 amide bonds. The van der Waals surface area contributed by atoms with Gasteiger partial charge in [0, 0.05) is 25.0 Å². The van der Waals surface area contributed by atoms with Crippen LogP contribution in [0.1, 0.15) is 51.4 Å². The number of nitrogens with zero attached hydrogens (tertiary/aromatic N) is 1. The van der Waals surface area contributed by atoms with Gasteiger partial charge in [0.25, 0.3) is 0 Å². The average Bonchev–Trinajstić information content (AvgIpc) is 3.06. The number of hydrogen-bond donors (Lipinski definition) is 2. The summed E-state index contributed by atoms with van der Waals surface area (Å²) in [4.78, 5) is 24.9. The van der Waals surface area contributed by atoms with Crippen LogP contribution in [0.25, 0.3) is 0 Å². The lowest BCUT2D eigenvalue weighted by Crippen LogP contribution is -2.46. The summed E-state index contributed by atoms with van der Waals surface area (Å²) in [6.07, 6.45) is 7.58. The lowest BCUT2D eigenvalue weighted by molar-refractivity contribution is -0.129. The van der Waals surface area contributed by atoms with Crippen LogP contribution in [0.3, 0.4) is 0 Å². The summed E-state index contributed by atoms with van der Waals surface area (Å²) in [6.45, 7) is 0.529. The van der Waals surface area contributed by atoms with E-state index < -0.39 is 10.0 Å². The highest BCUT2D eigenvalue weighted by Crippen LogP contribution is 2.25. The zero-order valence-corrected chi connectivity index (χ0v) is 19.0. The largest absolute Gasteiger partial charge is 0.497 e. The molecule has 2 fully saturated rings. The van der Waals surface area contributed by atoms with Gasteiger partial charge < -0.3 is 15.4 Å². The number of nitrogens with one attached hydrogen (secondary N) is 2. The van der Waals surface area contributed by atoms with E-state index in [9.17, 15) is 18.0 Å². The summed E-state index contributed by atoms with van der Waals surface area (Å²) in [6, 6.07) is 6.50. The molecule has 0 atom stereocenters. The van der Waals surface area contributed by atoms with Crippen molar-refractivity contribution in [2.24, 2.45) is 5.92 Å². The molecule has 172 valence electrons. The van der Waals surface area contributed by atoms with Gasteiger partial charge in [-0.25, -0.2) is 8.42 Å². The van der Waals surface area contributed by atoms with Crippen LogP contribution in [0.15, 0.2) is 29.2 Å². The van der Waals surface area contributed by atoms with Gasteiger partial charge in [0.1, 0.15) is 5.75 Å². The minimum absolute atomic E-state index is 0.0281. The molecule has 0 aromatic heterocycles. The Morgan fingerprint density at radius 1 is 1.00 bits per heavy atom. The van der Waals surface area contributed by atoms with Crippen molar-refractivity contribution in [3.63, 3.8) is 0 Å². The fraction of sp³-hybridized carbons (Fsp3) is 0.636. The highest BCUT2D eigenvalue weighted by atomic mass is 32.2. The van der Waals surface area contributed by atoms with Gasteiger partial charge in [-0.1, -0.05) is 25.7 Å². The van der Waals surface area contributed by atoms with Crippen molar-refractivity contribution in [2.75, 3.05) is 26.7 Å². The molecule has 3 rings (SSSR count). The molecule has 1 aromatic rings. The van der Waals surface area contributed by atoms with Crippen molar-refractivity contribution in [1.29, 1.82) is 0 Å². The van der Waals surface area contributed by atoms with E-state index in [1.807, 2.05) is 0 Å². The summed E-state index contributed by atoms with van der Waals surface area (Å²) >= 11 is 0. The average molecular weight is 452 g/mol. The van der Waals surface area contributed by atoms with Crippen molar-refractivity contribution < 1.29 is 22.7 Å². The van der Waals surface area contributed by atoms with E-state index in [0.29, 0.717) is 18.6 Å². The fourth-order valence-electron chi connectivity index (χ4n) is 4.27. The normalized spacial score (nSPS) is 19.4. The van der Waals surface area contributed by atoms with Crippen molar-refractivity contribution in [3.8, 4) is 5.75 Å². The first-order valence-electron chi connectivity index (χ1n) is 11.1. The Bertz CT molecular complexity index is 840. The summed E-state index contributed by atoms with van der Waals surface area (Å²) in [5, 5.41) is 5.74. The Hall–Kier alpha value is -2.13. The predicted molar refractivity (Wildman–Crippen MR) is 117 cm³/mol. The van der Waals surface area contributed by atoms with E-state index in [1.165, 1.54) is 36.4 Å². The van der Waals surface area contributed by atoms with Crippen LogP contribution in [0.4, 0.5) is 0 Å². The van der Waals surface area contributed by atoms with E-state index >= 15 is 0 Å². The monoisotopic (exact) mass is 451 g/mol. The third-order valence-electron chi connectivity index (χ3n) is 6.17. The van der Waals surface area contributed by atoms with Crippen LogP contribution in [0.2, 0.25) is 0 Å². The summed E-state index contributed by atoms with van der Waals surface area (Å²) < 4.78 is 32.1. The third-order valence-corrected chi connectivity index (χ3v) is 8.08. The van der Waals surface area contributed by atoms with Crippen molar-refractivity contribution in [1.82, 2.24) is 14.9 Å². The molecule has 1 heterocycles. The standard InChI is InChI=1S/C22H33N3O5S/c1-30-19-8-10-20(11-9-19)31(28,29)25-14-12-17(13-15-25)22(27)23-16-21(26)24-18-6-4-2-3-5-7-18/h8-11,17-18H,2-7,12-16H2,1H3,(H,23,27)(H,24,26). The van der Waals surface area contributed by atoms with E-state index in [1.54, 1.807) is 12.1 Å². The Morgan fingerprint density at radius 3 is 2.19 bits per heavy atom. The molecule has 2 N–H and O–H groups in total. The molecule has 1 aliphatic carbocycles. The number of benzene rings is 1. The van der Waals surface area contributed by atoms with Crippen LogP contribution in [0, 0.1) is 5.92 Å². The maximum Gasteiger partial charge on any atom is 0.243 e. The Balaban J connectivity index is 1.44. The lowest BCUT2D eigenvalue weighted by Gasteiger charge is -2.30. The van der Waals surface area contributed by atoms with Crippen LogP contribution in [-0.2, 0) is 19.6 Å². The first kappa shape index (κ1) is 23.5. The second-order valence-corrected chi connectivity index (χ2v) is 10.3. The molecule has 0 unspecified atom stereocenters. The minimum atomic E-state index is -3.60. The molecular weight excluding hydrogens is 418 g/mol. The van der Waals surface area contributed by atoms with Gasteiger partial charge in [-0.15, -0.1) is 0 Å². The van der Waals surface area contributed by atoms with Crippen molar-refractivity contribution in [2.45, 2.75) is 62.3 Å². The molecule has 1 aromatic carbocycles. The number of methoxy groups -OCH3 is 1. The number of piperidine rings is 1. The van der Waals surface area contributed by atoms with Gasteiger partial charge in [-0.2, -0.15) is 4.31 Å². The molecule has 0 radical (unpaired) electrons. The quantitative estimate of drug-likeness (QED) is 0.618. The Kier molecular flexibility index (Phi) is 8.31.